The summed E-state index contributed by atoms with van der Waals surface area (Å²) in [6, 6.07) is 18.2. The van der Waals surface area contributed by atoms with E-state index >= 15 is 0 Å². The summed E-state index contributed by atoms with van der Waals surface area (Å²) in [5.41, 5.74) is 4.14. The van der Waals surface area contributed by atoms with Gasteiger partial charge in [-0.25, -0.2) is 10.5 Å². The summed E-state index contributed by atoms with van der Waals surface area (Å²) in [6.45, 7) is 0. The number of nitrogens with zero attached hydrogens (tertiary/aromatic N) is 1. The van der Waals surface area contributed by atoms with Crippen molar-refractivity contribution in [3.8, 4) is 0 Å². The summed E-state index contributed by atoms with van der Waals surface area (Å²) in [5.74, 6) is -0.349. The highest BCUT2D eigenvalue weighted by Crippen LogP contribution is 2.27. The standard InChI is InChI=1S/C27H29N5O4/c1-28-26(34)18-9-7-10-19(16-18)27(35)30-22(12-3-2-4-13-23(33)32-36)25-29-21-15-14-17-8-5-6-11-20(17)24(21)31-25/h5-11,14-16,22,36H,2-4,12-13H2,1H3,(H,28,34)(H,29,31)(H,30,35)(H,32,33)/t22-/m0/s1. The summed E-state index contributed by atoms with van der Waals surface area (Å²) in [6.07, 6.45) is 2.93. The predicted octanol–water partition coefficient (Wildman–Crippen LogP) is 4.00. The van der Waals surface area contributed by atoms with E-state index in [1.807, 2.05) is 36.4 Å². The molecule has 0 bridgehead atoms. The first-order valence-electron chi connectivity index (χ1n) is 11.9. The fourth-order valence-corrected chi connectivity index (χ4v) is 4.26. The van der Waals surface area contributed by atoms with Gasteiger partial charge >= 0.3 is 0 Å². The molecule has 0 saturated carbocycles. The van der Waals surface area contributed by atoms with E-state index in [4.69, 9.17) is 10.2 Å². The molecule has 0 aliphatic carbocycles. The first kappa shape index (κ1) is 24.9. The fourth-order valence-electron chi connectivity index (χ4n) is 4.26. The lowest BCUT2D eigenvalue weighted by Crippen LogP contribution is -2.29. The maximum atomic E-state index is 13.2. The molecule has 9 nitrogen and oxygen atoms in total. The number of carbonyl (C=O) groups excluding carboxylic acids is 3. The van der Waals surface area contributed by atoms with Crippen molar-refractivity contribution >= 4 is 39.5 Å². The second kappa shape index (κ2) is 11.5. The van der Waals surface area contributed by atoms with Gasteiger partial charge in [-0.1, -0.05) is 49.2 Å². The highest BCUT2D eigenvalue weighted by atomic mass is 16.5. The third kappa shape index (κ3) is 5.69. The predicted molar refractivity (Wildman–Crippen MR) is 137 cm³/mol. The molecule has 0 saturated heterocycles. The van der Waals surface area contributed by atoms with Crippen molar-refractivity contribution in [2.24, 2.45) is 0 Å². The molecule has 0 aliphatic rings. The van der Waals surface area contributed by atoms with Gasteiger partial charge in [-0.2, -0.15) is 0 Å². The number of hydrogen-bond acceptors (Lipinski definition) is 5. The number of imidazole rings is 1. The number of fused-ring (bicyclic) bond motifs is 3. The summed E-state index contributed by atoms with van der Waals surface area (Å²) >= 11 is 0. The number of aromatic nitrogens is 2. The minimum Gasteiger partial charge on any atom is -0.355 e. The minimum atomic E-state index is -0.417. The summed E-state index contributed by atoms with van der Waals surface area (Å²) in [7, 11) is 1.54. The Labute approximate surface area is 208 Å². The number of hydrogen-bond donors (Lipinski definition) is 5. The number of hydroxylamine groups is 1. The van der Waals surface area contributed by atoms with Gasteiger partial charge in [0.25, 0.3) is 11.8 Å². The zero-order chi connectivity index (χ0) is 25.5. The second-order valence-corrected chi connectivity index (χ2v) is 8.63. The Hall–Kier alpha value is -4.24. The summed E-state index contributed by atoms with van der Waals surface area (Å²) in [5, 5.41) is 16.4. The molecular weight excluding hydrogens is 458 g/mol. The molecule has 1 heterocycles. The molecule has 1 aromatic heterocycles. The Kier molecular flexibility index (Phi) is 7.92. The average Bonchev–Trinajstić information content (AvgIpc) is 3.36. The number of nitrogens with one attached hydrogen (secondary N) is 4. The monoisotopic (exact) mass is 487 g/mol. The maximum absolute atomic E-state index is 13.2. The number of rotatable bonds is 10. The molecule has 0 radical (unpaired) electrons. The van der Waals surface area contributed by atoms with Gasteiger partial charge in [0, 0.05) is 30.0 Å². The Morgan fingerprint density at radius 3 is 2.50 bits per heavy atom. The molecule has 186 valence electrons. The molecule has 4 rings (SSSR count). The Bertz CT molecular complexity index is 1400. The van der Waals surface area contributed by atoms with E-state index in [-0.39, 0.29) is 18.2 Å². The van der Waals surface area contributed by atoms with Gasteiger partial charge in [0.2, 0.25) is 5.91 Å². The highest BCUT2D eigenvalue weighted by molar-refractivity contribution is 6.04. The smallest absolute Gasteiger partial charge is 0.251 e. The first-order valence-corrected chi connectivity index (χ1v) is 11.9. The van der Waals surface area contributed by atoms with E-state index in [0.29, 0.717) is 29.8 Å². The van der Waals surface area contributed by atoms with E-state index in [1.165, 1.54) is 0 Å². The lowest BCUT2D eigenvalue weighted by Gasteiger charge is -2.17. The average molecular weight is 488 g/mol. The van der Waals surface area contributed by atoms with E-state index in [0.717, 1.165) is 34.6 Å². The van der Waals surface area contributed by atoms with Crippen LogP contribution in [0.15, 0.2) is 60.7 Å². The maximum Gasteiger partial charge on any atom is 0.251 e. The van der Waals surface area contributed by atoms with Crippen LogP contribution in [0.1, 0.15) is 64.7 Å². The number of unbranched alkanes of at least 4 members (excludes halogenated alkanes) is 2. The molecule has 36 heavy (non-hydrogen) atoms. The third-order valence-corrected chi connectivity index (χ3v) is 6.17. The normalized spacial score (nSPS) is 11.8. The van der Waals surface area contributed by atoms with Gasteiger partial charge in [-0.3, -0.25) is 19.6 Å². The molecule has 4 aromatic rings. The van der Waals surface area contributed by atoms with E-state index < -0.39 is 11.9 Å². The molecule has 3 amide bonds. The van der Waals surface area contributed by atoms with Crippen LogP contribution in [0.4, 0.5) is 0 Å². The van der Waals surface area contributed by atoms with Crippen molar-refractivity contribution in [3.05, 3.63) is 77.6 Å². The summed E-state index contributed by atoms with van der Waals surface area (Å²) < 4.78 is 0. The molecule has 9 heteroatoms. The fraction of sp³-hybridized carbons (Fsp3) is 0.259. The Morgan fingerprint density at radius 1 is 0.944 bits per heavy atom. The van der Waals surface area contributed by atoms with Crippen LogP contribution >= 0.6 is 0 Å². The molecule has 3 aromatic carbocycles. The van der Waals surface area contributed by atoms with Crippen molar-refractivity contribution in [3.63, 3.8) is 0 Å². The lowest BCUT2D eigenvalue weighted by molar-refractivity contribution is -0.129. The van der Waals surface area contributed by atoms with Crippen LogP contribution in [0, 0.1) is 0 Å². The van der Waals surface area contributed by atoms with Crippen LogP contribution in [0.25, 0.3) is 21.8 Å². The quantitative estimate of drug-likeness (QED) is 0.131. The van der Waals surface area contributed by atoms with Crippen LogP contribution in [0.5, 0.6) is 0 Å². The SMILES string of the molecule is CNC(=O)c1cccc(C(=O)N[C@@H](CCCCCC(=O)NO)c2nc3c(ccc4ccccc43)[nH]2)c1. The van der Waals surface area contributed by atoms with Gasteiger partial charge < -0.3 is 15.6 Å². The van der Waals surface area contributed by atoms with E-state index in [2.05, 4.69) is 15.6 Å². The first-order chi connectivity index (χ1) is 17.5. The number of H-pyrrole nitrogens is 1. The van der Waals surface area contributed by atoms with E-state index in [1.54, 1.807) is 36.8 Å². The van der Waals surface area contributed by atoms with Crippen LogP contribution in [0.3, 0.4) is 0 Å². The van der Waals surface area contributed by atoms with Crippen molar-refractivity contribution in [1.29, 1.82) is 0 Å². The lowest BCUT2D eigenvalue weighted by atomic mass is 10.0. The minimum absolute atomic E-state index is 0.233. The molecule has 5 N–H and O–H groups in total. The Morgan fingerprint density at radius 2 is 1.72 bits per heavy atom. The second-order valence-electron chi connectivity index (χ2n) is 8.63. The number of carbonyl (C=O) groups is 3. The molecule has 0 spiro atoms. The molecular formula is C27H29N5O4. The third-order valence-electron chi connectivity index (χ3n) is 6.17. The van der Waals surface area contributed by atoms with Crippen LogP contribution in [-0.4, -0.2) is 39.9 Å². The van der Waals surface area contributed by atoms with Crippen LogP contribution in [-0.2, 0) is 4.79 Å². The van der Waals surface area contributed by atoms with E-state index in [9.17, 15) is 14.4 Å². The molecule has 0 aliphatic heterocycles. The van der Waals surface area contributed by atoms with Gasteiger partial charge in [0.15, 0.2) is 0 Å². The van der Waals surface area contributed by atoms with Gasteiger partial charge in [0.1, 0.15) is 5.82 Å². The zero-order valence-corrected chi connectivity index (χ0v) is 20.0. The number of benzene rings is 3. The van der Waals surface area contributed by atoms with Gasteiger partial charge in [-0.15, -0.1) is 0 Å². The summed E-state index contributed by atoms with van der Waals surface area (Å²) in [4.78, 5) is 44.7. The van der Waals surface area contributed by atoms with Gasteiger partial charge in [0.05, 0.1) is 17.1 Å². The van der Waals surface area contributed by atoms with Crippen molar-refractivity contribution < 1.29 is 19.6 Å². The zero-order valence-electron chi connectivity index (χ0n) is 20.0. The topological polar surface area (TPSA) is 136 Å². The van der Waals surface area contributed by atoms with Crippen molar-refractivity contribution in [2.45, 2.75) is 38.1 Å². The number of aromatic amines is 1. The van der Waals surface area contributed by atoms with Crippen molar-refractivity contribution in [1.82, 2.24) is 26.1 Å². The van der Waals surface area contributed by atoms with Crippen LogP contribution in [0.2, 0.25) is 0 Å². The molecule has 1 atom stereocenters. The van der Waals surface area contributed by atoms with Crippen LogP contribution < -0.4 is 16.1 Å². The molecule has 0 fully saturated rings. The molecule has 0 unspecified atom stereocenters. The Balaban J connectivity index is 1.58. The number of amides is 3. The van der Waals surface area contributed by atoms with Crippen molar-refractivity contribution in [2.75, 3.05) is 7.05 Å². The van der Waals surface area contributed by atoms with Gasteiger partial charge in [-0.05, 0) is 42.5 Å². The highest BCUT2D eigenvalue weighted by Gasteiger charge is 2.20. The largest absolute Gasteiger partial charge is 0.355 e.